The SMILES string of the molecule is COCCCNC(=O)/C=C/c1cn(-c2ccccc2)nc1-c1cccnc1. The van der Waals surface area contributed by atoms with Crippen LogP contribution in [0.2, 0.25) is 0 Å². The number of hydrogen-bond acceptors (Lipinski definition) is 4. The van der Waals surface area contributed by atoms with Crippen LogP contribution >= 0.6 is 0 Å². The number of carbonyl (C=O) groups excluding carboxylic acids is 1. The standard InChI is InChI=1S/C21H22N4O2/c1-27-14-6-13-23-20(26)11-10-18-16-25(19-8-3-2-4-9-19)24-21(18)17-7-5-12-22-15-17/h2-5,7-12,15-16H,6,13-14H2,1H3,(H,23,26)/b11-10+. The number of aromatic nitrogens is 3. The highest BCUT2D eigenvalue weighted by molar-refractivity contribution is 5.92. The molecule has 0 aliphatic heterocycles. The van der Waals surface area contributed by atoms with Crippen molar-refractivity contribution in [1.29, 1.82) is 0 Å². The van der Waals surface area contributed by atoms with Gasteiger partial charge in [-0.3, -0.25) is 9.78 Å². The Morgan fingerprint density at radius 3 is 2.81 bits per heavy atom. The van der Waals surface area contributed by atoms with Crippen molar-refractivity contribution in [3.05, 3.63) is 72.7 Å². The second-order valence-corrected chi connectivity index (χ2v) is 5.93. The maximum absolute atomic E-state index is 12.0. The van der Waals surface area contributed by atoms with E-state index in [2.05, 4.69) is 10.3 Å². The minimum Gasteiger partial charge on any atom is -0.385 e. The first-order valence-corrected chi connectivity index (χ1v) is 8.78. The Kier molecular flexibility index (Phi) is 6.49. The Bertz CT molecular complexity index is 889. The van der Waals surface area contributed by atoms with E-state index < -0.39 is 0 Å². The molecule has 2 heterocycles. The minimum absolute atomic E-state index is 0.143. The molecule has 0 aliphatic rings. The lowest BCUT2D eigenvalue weighted by Crippen LogP contribution is -2.22. The van der Waals surface area contributed by atoms with Gasteiger partial charge in [-0.05, 0) is 36.8 Å². The Morgan fingerprint density at radius 1 is 1.22 bits per heavy atom. The molecule has 0 bridgehead atoms. The smallest absolute Gasteiger partial charge is 0.244 e. The number of pyridine rings is 1. The summed E-state index contributed by atoms with van der Waals surface area (Å²) in [6.45, 7) is 1.20. The molecule has 0 saturated carbocycles. The van der Waals surface area contributed by atoms with Crippen molar-refractivity contribution in [2.75, 3.05) is 20.3 Å². The van der Waals surface area contributed by atoms with Gasteiger partial charge in [0.25, 0.3) is 0 Å². The summed E-state index contributed by atoms with van der Waals surface area (Å²) in [4.78, 5) is 16.2. The first-order chi connectivity index (χ1) is 13.3. The van der Waals surface area contributed by atoms with Crippen LogP contribution in [0.4, 0.5) is 0 Å². The maximum Gasteiger partial charge on any atom is 0.244 e. The minimum atomic E-state index is -0.143. The van der Waals surface area contributed by atoms with Gasteiger partial charge < -0.3 is 10.1 Å². The van der Waals surface area contributed by atoms with Gasteiger partial charge in [0.05, 0.1) is 5.69 Å². The summed E-state index contributed by atoms with van der Waals surface area (Å²) < 4.78 is 6.78. The molecule has 2 aromatic heterocycles. The van der Waals surface area contributed by atoms with Crippen LogP contribution in [-0.2, 0) is 9.53 Å². The van der Waals surface area contributed by atoms with E-state index in [1.54, 1.807) is 30.3 Å². The van der Waals surface area contributed by atoms with Crippen molar-refractivity contribution in [3.8, 4) is 16.9 Å². The van der Waals surface area contributed by atoms with Gasteiger partial charge >= 0.3 is 0 Å². The summed E-state index contributed by atoms with van der Waals surface area (Å²) in [6, 6.07) is 13.7. The maximum atomic E-state index is 12.0. The van der Waals surface area contributed by atoms with E-state index in [0.717, 1.165) is 28.9 Å². The van der Waals surface area contributed by atoms with Gasteiger partial charge in [-0.25, -0.2) is 4.68 Å². The van der Waals surface area contributed by atoms with Crippen molar-refractivity contribution in [3.63, 3.8) is 0 Å². The van der Waals surface area contributed by atoms with Crippen LogP contribution in [0.1, 0.15) is 12.0 Å². The van der Waals surface area contributed by atoms with Crippen molar-refractivity contribution < 1.29 is 9.53 Å². The van der Waals surface area contributed by atoms with Gasteiger partial charge in [0, 0.05) is 56.1 Å². The highest BCUT2D eigenvalue weighted by Crippen LogP contribution is 2.24. The van der Waals surface area contributed by atoms with Gasteiger partial charge in [-0.15, -0.1) is 0 Å². The van der Waals surface area contributed by atoms with E-state index in [-0.39, 0.29) is 5.91 Å². The number of carbonyl (C=O) groups is 1. The molecule has 0 spiro atoms. The summed E-state index contributed by atoms with van der Waals surface area (Å²) in [7, 11) is 1.64. The fourth-order valence-corrected chi connectivity index (χ4v) is 2.60. The van der Waals surface area contributed by atoms with Gasteiger partial charge in [0.15, 0.2) is 0 Å². The largest absolute Gasteiger partial charge is 0.385 e. The van der Waals surface area contributed by atoms with Crippen LogP contribution < -0.4 is 5.32 Å². The number of benzene rings is 1. The highest BCUT2D eigenvalue weighted by atomic mass is 16.5. The number of rotatable bonds is 8. The first-order valence-electron chi connectivity index (χ1n) is 8.78. The molecule has 0 atom stereocenters. The van der Waals surface area contributed by atoms with Crippen LogP contribution in [0.5, 0.6) is 0 Å². The molecule has 1 amide bonds. The number of nitrogens with zero attached hydrogens (tertiary/aromatic N) is 3. The lowest BCUT2D eigenvalue weighted by atomic mass is 10.1. The van der Waals surface area contributed by atoms with Crippen molar-refractivity contribution >= 4 is 12.0 Å². The average Bonchev–Trinajstić information content (AvgIpc) is 3.15. The average molecular weight is 362 g/mol. The Hall–Kier alpha value is -3.25. The predicted octanol–water partition coefficient (Wildman–Crippen LogP) is 3.10. The number of hydrogen-bond donors (Lipinski definition) is 1. The zero-order chi connectivity index (χ0) is 18.9. The molecular formula is C21H22N4O2. The summed E-state index contributed by atoms with van der Waals surface area (Å²) in [5.41, 5.74) is 3.47. The van der Waals surface area contributed by atoms with Crippen molar-refractivity contribution in [2.24, 2.45) is 0 Å². The van der Waals surface area contributed by atoms with Crippen molar-refractivity contribution in [1.82, 2.24) is 20.1 Å². The molecule has 6 heteroatoms. The third-order valence-corrected chi connectivity index (χ3v) is 3.94. The van der Waals surface area contributed by atoms with E-state index in [4.69, 9.17) is 9.84 Å². The van der Waals surface area contributed by atoms with E-state index in [1.807, 2.05) is 48.7 Å². The number of ether oxygens (including phenoxy) is 1. The van der Waals surface area contributed by atoms with Crippen LogP contribution in [-0.4, -0.2) is 40.9 Å². The molecule has 138 valence electrons. The molecule has 0 unspecified atom stereocenters. The monoisotopic (exact) mass is 362 g/mol. The molecule has 6 nitrogen and oxygen atoms in total. The third kappa shape index (κ3) is 5.12. The normalized spacial score (nSPS) is 11.0. The molecule has 0 radical (unpaired) electrons. The Morgan fingerprint density at radius 2 is 2.07 bits per heavy atom. The summed E-state index contributed by atoms with van der Waals surface area (Å²) >= 11 is 0. The Labute approximate surface area is 158 Å². The summed E-state index contributed by atoms with van der Waals surface area (Å²) in [5.74, 6) is -0.143. The van der Waals surface area contributed by atoms with Gasteiger partial charge in [0.1, 0.15) is 5.69 Å². The van der Waals surface area contributed by atoms with Crippen LogP contribution in [0.15, 0.2) is 67.1 Å². The summed E-state index contributed by atoms with van der Waals surface area (Å²) in [6.07, 6.45) is 9.48. The van der Waals surface area contributed by atoms with E-state index in [1.165, 1.54) is 6.08 Å². The van der Waals surface area contributed by atoms with Gasteiger partial charge in [-0.1, -0.05) is 18.2 Å². The number of nitrogens with one attached hydrogen (secondary N) is 1. The molecule has 1 N–H and O–H groups in total. The number of amides is 1. The van der Waals surface area contributed by atoms with E-state index >= 15 is 0 Å². The first kappa shape index (κ1) is 18.5. The van der Waals surface area contributed by atoms with E-state index in [0.29, 0.717) is 13.2 Å². The van der Waals surface area contributed by atoms with E-state index in [9.17, 15) is 4.79 Å². The van der Waals surface area contributed by atoms with Crippen molar-refractivity contribution in [2.45, 2.75) is 6.42 Å². The lowest BCUT2D eigenvalue weighted by molar-refractivity contribution is -0.116. The second-order valence-electron chi connectivity index (χ2n) is 5.93. The quantitative estimate of drug-likeness (QED) is 0.494. The van der Waals surface area contributed by atoms with Gasteiger partial charge in [0.2, 0.25) is 5.91 Å². The van der Waals surface area contributed by atoms with Crippen LogP contribution in [0.25, 0.3) is 23.0 Å². The number of methoxy groups -OCH3 is 1. The fourth-order valence-electron chi connectivity index (χ4n) is 2.60. The molecule has 27 heavy (non-hydrogen) atoms. The molecule has 0 fully saturated rings. The predicted molar refractivity (Wildman–Crippen MR) is 105 cm³/mol. The molecule has 3 rings (SSSR count). The topological polar surface area (TPSA) is 69.0 Å². The van der Waals surface area contributed by atoms with Gasteiger partial charge in [-0.2, -0.15) is 5.10 Å². The highest BCUT2D eigenvalue weighted by Gasteiger charge is 2.11. The zero-order valence-electron chi connectivity index (χ0n) is 15.2. The van der Waals surface area contributed by atoms with Crippen LogP contribution in [0.3, 0.4) is 0 Å². The third-order valence-electron chi connectivity index (χ3n) is 3.94. The zero-order valence-corrected chi connectivity index (χ0v) is 15.2. The summed E-state index contributed by atoms with van der Waals surface area (Å²) in [5, 5.41) is 7.53. The molecule has 0 aliphatic carbocycles. The number of para-hydroxylation sites is 1. The Balaban J connectivity index is 1.83. The second kappa shape index (κ2) is 9.45. The lowest BCUT2D eigenvalue weighted by Gasteiger charge is -2.01. The molecular weight excluding hydrogens is 340 g/mol. The molecule has 1 aromatic carbocycles. The van der Waals surface area contributed by atoms with Crippen LogP contribution in [0, 0.1) is 0 Å². The molecule has 3 aromatic rings. The molecule has 0 saturated heterocycles. The fraction of sp³-hybridized carbons (Fsp3) is 0.190.